The first-order valence-electron chi connectivity index (χ1n) is 21.0. The van der Waals surface area contributed by atoms with Gasteiger partial charge in [0.2, 0.25) is 0 Å². The van der Waals surface area contributed by atoms with E-state index in [4.69, 9.17) is 9.47 Å². The van der Waals surface area contributed by atoms with Crippen molar-refractivity contribution >= 4 is 11.9 Å². The minimum atomic E-state index is -1.01. The van der Waals surface area contributed by atoms with Gasteiger partial charge in [-0.1, -0.05) is 190 Å². The Morgan fingerprint density at radius 2 is 1.04 bits per heavy atom. The molecule has 0 rings (SSSR count). The SMILES string of the molecule is CC/C=C\C/C=C\CC(O)/C=C/C=C\C/C=C\C/C=C\CCC(=O)OC[C@@H](O)COC(=O)CCCCCCCCCCCCCCCCC(C)CC. The molecule has 298 valence electrons. The van der Waals surface area contributed by atoms with Gasteiger partial charge in [0.1, 0.15) is 19.3 Å². The van der Waals surface area contributed by atoms with E-state index in [1.165, 1.54) is 83.5 Å². The second kappa shape index (κ2) is 39.5. The van der Waals surface area contributed by atoms with Gasteiger partial charge in [-0.15, -0.1) is 0 Å². The van der Waals surface area contributed by atoms with Crippen LogP contribution in [0.1, 0.15) is 175 Å². The van der Waals surface area contributed by atoms with Crippen LogP contribution in [0.5, 0.6) is 0 Å². The molecule has 0 aliphatic rings. The van der Waals surface area contributed by atoms with Gasteiger partial charge < -0.3 is 19.7 Å². The van der Waals surface area contributed by atoms with Gasteiger partial charge >= 0.3 is 11.9 Å². The Kier molecular flexibility index (Phi) is 37.5. The monoisotopic (exact) mass is 727 g/mol. The molecule has 0 radical (unpaired) electrons. The molecule has 0 saturated carbocycles. The first-order valence-corrected chi connectivity index (χ1v) is 21.0. The predicted molar refractivity (Wildman–Crippen MR) is 220 cm³/mol. The fourth-order valence-electron chi connectivity index (χ4n) is 5.52. The van der Waals surface area contributed by atoms with Crippen molar-refractivity contribution in [3.8, 4) is 0 Å². The third-order valence-corrected chi connectivity index (χ3v) is 9.09. The van der Waals surface area contributed by atoms with Crippen LogP contribution in [0.15, 0.2) is 72.9 Å². The molecule has 0 fully saturated rings. The third-order valence-electron chi connectivity index (χ3n) is 9.09. The number of aliphatic hydroxyl groups is 2. The van der Waals surface area contributed by atoms with Crippen molar-refractivity contribution in [1.29, 1.82) is 0 Å². The largest absolute Gasteiger partial charge is 0.463 e. The molecule has 0 saturated heterocycles. The maximum Gasteiger partial charge on any atom is 0.306 e. The number of carbonyl (C=O) groups is 2. The summed E-state index contributed by atoms with van der Waals surface area (Å²) in [5.74, 6) is 0.205. The molecule has 0 aliphatic carbocycles. The lowest BCUT2D eigenvalue weighted by atomic mass is 9.99. The van der Waals surface area contributed by atoms with Gasteiger partial charge in [-0.2, -0.15) is 0 Å². The number of allylic oxidation sites excluding steroid dienone is 10. The number of carbonyl (C=O) groups excluding carboxylic acids is 2. The van der Waals surface area contributed by atoms with Crippen LogP contribution in [0.3, 0.4) is 0 Å². The fraction of sp³-hybridized carbons (Fsp3) is 0.696. The zero-order valence-corrected chi connectivity index (χ0v) is 33.6. The average molecular weight is 727 g/mol. The second-order valence-corrected chi connectivity index (χ2v) is 14.2. The fourth-order valence-corrected chi connectivity index (χ4v) is 5.52. The summed E-state index contributed by atoms with van der Waals surface area (Å²) in [5, 5.41) is 20.0. The van der Waals surface area contributed by atoms with E-state index in [1.54, 1.807) is 6.08 Å². The molecule has 0 heterocycles. The van der Waals surface area contributed by atoms with Crippen molar-refractivity contribution in [3.63, 3.8) is 0 Å². The third kappa shape index (κ3) is 38.5. The van der Waals surface area contributed by atoms with Gasteiger partial charge in [-0.25, -0.2) is 0 Å². The average Bonchev–Trinajstić information content (AvgIpc) is 3.14. The molecular weight excluding hydrogens is 648 g/mol. The Morgan fingerprint density at radius 3 is 1.62 bits per heavy atom. The number of rotatable bonds is 36. The lowest BCUT2D eigenvalue weighted by molar-refractivity contribution is -0.152. The van der Waals surface area contributed by atoms with Crippen molar-refractivity contribution in [2.75, 3.05) is 13.2 Å². The summed E-state index contributed by atoms with van der Waals surface area (Å²) < 4.78 is 10.3. The Balaban J connectivity index is 3.62. The smallest absolute Gasteiger partial charge is 0.306 e. The Hall–Kier alpha value is -2.70. The molecule has 6 nitrogen and oxygen atoms in total. The summed E-state index contributed by atoms with van der Waals surface area (Å²) in [7, 11) is 0. The van der Waals surface area contributed by atoms with Crippen LogP contribution >= 0.6 is 0 Å². The molecule has 0 aromatic heterocycles. The minimum absolute atomic E-state index is 0.154. The molecule has 2 unspecified atom stereocenters. The first kappa shape index (κ1) is 49.3. The van der Waals surface area contributed by atoms with Crippen LogP contribution < -0.4 is 0 Å². The normalized spacial score (nSPS) is 14.2. The number of esters is 2. The summed E-state index contributed by atoms with van der Waals surface area (Å²) in [6, 6.07) is 0. The Bertz CT molecular complexity index is 991. The predicted octanol–water partition coefficient (Wildman–Crippen LogP) is 12.2. The lowest BCUT2D eigenvalue weighted by Crippen LogP contribution is -2.25. The summed E-state index contributed by atoms with van der Waals surface area (Å²) in [4.78, 5) is 24.0. The van der Waals surface area contributed by atoms with Crippen molar-refractivity contribution in [1.82, 2.24) is 0 Å². The molecule has 6 heteroatoms. The maximum absolute atomic E-state index is 12.0. The second-order valence-electron chi connectivity index (χ2n) is 14.2. The van der Waals surface area contributed by atoms with Crippen molar-refractivity contribution in [2.24, 2.45) is 5.92 Å². The summed E-state index contributed by atoms with van der Waals surface area (Å²) >= 11 is 0. The highest BCUT2D eigenvalue weighted by atomic mass is 16.6. The summed E-state index contributed by atoms with van der Waals surface area (Å²) in [6.07, 6.45) is 48.5. The van der Waals surface area contributed by atoms with Crippen LogP contribution in [0, 0.1) is 5.92 Å². The highest BCUT2D eigenvalue weighted by Crippen LogP contribution is 2.16. The van der Waals surface area contributed by atoms with Gasteiger partial charge in [-0.05, 0) is 50.9 Å². The van der Waals surface area contributed by atoms with E-state index in [0.29, 0.717) is 19.3 Å². The van der Waals surface area contributed by atoms with E-state index in [2.05, 4.69) is 51.2 Å². The van der Waals surface area contributed by atoms with Gasteiger partial charge in [0.05, 0.1) is 6.10 Å². The maximum atomic E-state index is 12.0. The van der Waals surface area contributed by atoms with E-state index < -0.39 is 12.2 Å². The minimum Gasteiger partial charge on any atom is -0.463 e. The van der Waals surface area contributed by atoms with E-state index in [9.17, 15) is 19.8 Å². The Labute approximate surface area is 319 Å². The van der Waals surface area contributed by atoms with Gasteiger partial charge in [0.25, 0.3) is 0 Å². The highest BCUT2D eigenvalue weighted by Gasteiger charge is 2.11. The van der Waals surface area contributed by atoms with Crippen LogP contribution in [-0.4, -0.2) is 47.6 Å². The highest BCUT2D eigenvalue weighted by molar-refractivity contribution is 5.70. The molecule has 3 atom stereocenters. The van der Waals surface area contributed by atoms with Crippen LogP contribution in [-0.2, 0) is 19.1 Å². The molecule has 0 aromatic carbocycles. The van der Waals surface area contributed by atoms with E-state index in [1.807, 2.05) is 36.5 Å². The number of aliphatic hydroxyl groups excluding tert-OH is 2. The topological polar surface area (TPSA) is 93.1 Å². The Morgan fingerprint density at radius 1 is 0.558 bits per heavy atom. The lowest BCUT2D eigenvalue weighted by Gasteiger charge is -2.12. The quantitative estimate of drug-likeness (QED) is 0.0289. The van der Waals surface area contributed by atoms with Crippen LogP contribution in [0.2, 0.25) is 0 Å². The van der Waals surface area contributed by atoms with E-state index >= 15 is 0 Å². The number of hydrogen-bond donors (Lipinski definition) is 2. The van der Waals surface area contributed by atoms with E-state index in [0.717, 1.165) is 50.9 Å². The van der Waals surface area contributed by atoms with Crippen LogP contribution in [0.25, 0.3) is 0 Å². The van der Waals surface area contributed by atoms with Gasteiger partial charge in [0.15, 0.2) is 0 Å². The van der Waals surface area contributed by atoms with Gasteiger partial charge in [0, 0.05) is 12.8 Å². The zero-order chi connectivity index (χ0) is 38.2. The summed E-state index contributed by atoms with van der Waals surface area (Å²) in [6.45, 7) is 6.44. The number of ether oxygens (including phenoxy) is 2. The number of hydrogen-bond acceptors (Lipinski definition) is 6. The first-order chi connectivity index (χ1) is 25.4. The standard InChI is InChI=1S/C46H78O6/c1-4-6-7-8-26-31-36-43(47)37-32-27-22-18-15-16-20-24-29-34-39-46(50)52-41-44(48)40-51-45(49)38-33-28-23-19-14-12-10-9-11-13-17-21-25-30-35-42(3)5-2/h6-7,15-16,22,24,26-27,29,31-32,37,42-44,47-48H,4-5,8-14,17-21,23,25,28,30,33-36,38-41H2,1-3H3/b7-6-,16-15-,27-22-,29-24-,31-26-,37-32+/t42?,43?,44-/m0/s1. The molecule has 0 spiro atoms. The van der Waals surface area contributed by atoms with Crippen molar-refractivity contribution < 1.29 is 29.3 Å². The van der Waals surface area contributed by atoms with Gasteiger partial charge in [-0.3, -0.25) is 9.59 Å². The van der Waals surface area contributed by atoms with E-state index in [-0.39, 0.29) is 31.6 Å². The molecule has 0 bridgehead atoms. The molecule has 52 heavy (non-hydrogen) atoms. The molecule has 0 aromatic rings. The zero-order valence-electron chi connectivity index (χ0n) is 33.6. The molecule has 2 N–H and O–H groups in total. The molecule has 0 aliphatic heterocycles. The van der Waals surface area contributed by atoms with Crippen LogP contribution in [0.4, 0.5) is 0 Å². The molecular formula is C46H78O6. The number of unbranched alkanes of at least 4 members (excludes halogenated alkanes) is 13. The molecule has 0 amide bonds. The van der Waals surface area contributed by atoms with Crippen molar-refractivity contribution in [3.05, 3.63) is 72.9 Å². The van der Waals surface area contributed by atoms with Crippen molar-refractivity contribution in [2.45, 2.75) is 187 Å². The summed E-state index contributed by atoms with van der Waals surface area (Å²) in [5.41, 5.74) is 0.